The largest absolute Gasteiger partial charge is 0.352 e. The third-order valence-electron chi connectivity index (χ3n) is 4.93. The van der Waals surface area contributed by atoms with E-state index in [-0.39, 0.29) is 0 Å². The van der Waals surface area contributed by atoms with Crippen molar-refractivity contribution in [1.29, 1.82) is 0 Å². The molecular weight excluding hydrogens is 216 g/mol. The van der Waals surface area contributed by atoms with Gasteiger partial charge in [-0.25, -0.2) is 4.79 Å². The van der Waals surface area contributed by atoms with Crippen LogP contribution in [0.2, 0.25) is 0 Å². The molecule has 0 unspecified atom stereocenters. The zero-order chi connectivity index (χ0) is 12.4. The minimum Gasteiger partial charge on any atom is -0.352 e. The van der Waals surface area contributed by atoms with Gasteiger partial charge in [0.15, 0.2) is 0 Å². The number of nitrogens with zero attached hydrogens (tertiary/aromatic N) is 2. The highest BCUT2D eigenvalue weighted by atomic mass is 16.2. The summed E-state index contributed by atoms with van der Waals surface area (Å²) >= 11 is 0. The number of amides is 2. The lowest BCUT2D eigenvalue weighted by Gasteiger charge is -2.55. The van der Waals surface area contributed by atoms with Gasteiger partial charge < -0.3 is 20.0 Å². The molecule has 0 aromatic rings. The molecule has 98 valence electrons. The maximum Gasteiger partial charge on any atom is 0.312 e. The summed E-state index contributed by atoms with van der Waals surface area (Å²) < 4.78 is 2.62. The molecule has 0 aromatic carbocycles. The van der Waals surface area contributed by atoms with Crippen molar-refractivity contribution in [1.82, 2.24) is 5.32 Å². The van der Waals surface area contributed by atoms with Crippen LogP contribution in [0.4, 0.5) is 4.79 Å². The van der Waals surface area contributed by atoms with Gasteiger partial charge in [0, 0.05) is 13.0 Å². The summed E-state index contributed by atoms with van der Waals surface area (Å²) in [5.74, 6) is 0. The van der Waals surface area contributed by atoms with Gasteiger partial charge in [0.25, 0.3) is 0 Å². The summed E-state index contributed by atoms with van der Waals surface area (Å²) in [4.78, 5) is 10.6. The molecule has 0 saturated carbocycles. The molecule has 5 heteroatoms. The fourth-order valence-corrected chi connectivity index (χ4v) is 3.38. The third kappa shape index (κ3) is 2.72. The van der Waals surface area contributed by atoms with E-state index >= 15 is 0 Å². The van der Waals surface area contributed by atoms with Gasteiger partial charge in [-0.15, -0.1) is 0 Å². The van der Waals surface area contributed by atoms with Crippen LogP contribution in [0.5, 0.6) is 0 Å². The molecule has 17 heavy (non-hydrogen) atoms. The molecule has 0 radical (unpaired) electrons. The van der Waals surface area contributed by atoms with Gasteiger partial charge in [0.1, 0.15) is 39.3 Å². The summed E-state index contributed by atoms with van der Waals surface area (Å²) in [6, 6.07) is -0.399. The molecule has 3 fully saturated rings. The van der Waals surface area contributed by atoms with Gasteiger partial charge in [-0.2, -0.15) is 0 Å². The highest BCUT2D eigenvalue weighted by molar-refractivity contribution is 5.71. The number of hydrogen-bond donors (Lipinski definition) is 2. The Bertz CT molecular complexity index is 268. The van der Waals surface area contributed by atoms with Gasteiger partial charge in [0.05, 0.1) is 13.1 Å². The Kier molecular flexibility index (Phi) is 3.58. The van der Waals surface area contributed by atoms with Crippen molar-refractivity contribution >= 4 is 6.03 Å². The molecule has 2 amide bonds. The molecule has 3 saturated heterocycles. The Morgan fingerprint density at radius 2 is 1.65 bits per heavy atom. The summed E-state index contributed by atoms with van der Waals surface area (Å²) in [6.07, 6.45) is 1.05. The van der Waals surface area contributed by atoms with Crippen LogP contribution in [0.1, 0.15) is 13.3 Å². The van der Waals surface area contributed by atoms with Gasteiger partial charge in [-0.1, -0.05) is 0 Å². The first-order valence-electron chi connectivity index (χ1n) is 6.83. The van der Waals surface area contributed by atoms with Crippen LogP contribution in [0.15, 0.2) is 0 Å². The smallest absolute Gasteiger partial charge is 0.312 e. The SMILES string of the molecule is CC[N+]12CC[N+](CCCNC(N)=O)(CC1)CC2. The summed E-state index contributed by atoms with van der Waals surface area (Å²) in [6.45, 7) is 13.6. The van der Waals surface area contributed by atoms with Crippen LogP contribution in [-0.4, -0.2) is 73.9 Å². The highest BCUT2D eigenvalue weighted by Gasteiger charge is 2.47. The van der Waals surface area contributed by atoms with E-state index in [0.29, 0.717) is 0 Å². The van der Waals surface area contributed by atoms with E-state index in [1.807, 2.05) is 0 Å². The lowest BCUT2D eigenvalue weighted by atomic mass is 10.1. The van der Waals surface area contributed by atoms with Crippen LogP contribution in [0, 0.1) is 0 Å². The molecule has 3 aliphatic heterocycles. The van der Waals surface area contributed by atoms with Crippen molar-refractivity contribution in [3.8, 4) is 0 Å². The number of fused-ring (bicyclic) bond motifs is 3. The molecule has 2 bridgehead atoms. The van der Waals surface area contributed by atoms with Crippen LogP contribution in [-0.2, 0) is 0 Å². The predicted octanol–water partition coefficient (Wildman–Crippen LogP) is -0.274. The van der Waals surface area contributed by atoms with Crippen molar-refractivity contribution in [3.63, 3.8) is 0 Å². The number of carbonyl (C=O) groups is 1. The van der Waals surface area contributed by atoms with E-state index in [9.17, 15) is 4.79 Å². The average Bonchev–Trinajstić information content (AvgIpc) is 2.37. The quantitative estimate of drug-likeness (QED) is 0.506. The number of quaternary nitrogens is 2. The molecular formula is C12H26N4O+2. The first-order valence-corrected chi connectivity index (χ1v) is 6.83. The predicted molar refractivity (Wildman–Crippen MR) is 67.3 cm³/mol. The Hall–Kier alpha value is -0.810. The molecule has 0 aromatic heterocycles. The second-order valence-corrected chi connectivity index (χ2v) is 5.71. The molecule has 3 N–H and O–H groups in total. The van der Waals surface area contributed by atoms with Gasteiger partial charge >= 0.3 is 6.03 Å². The third-order valence-corrected chi connectivity index (χ3v) is 4.93. The Balaban J connectivity index is 1.77. The maximum absolute atomic E-state index is 10.6. The molecule has 0 aliphatic carbocycles. The zero-order valence-electron chi connectivity index (χ0n) is 11.0. The number of primary amides is 1. The molecule has 0 atom stereocenters. The molecule has 3 aliphatic rings. The summed E-state index contributed by atoms with van der Waals surface area (Å²) in [5.41, 5.74) is 5.06. The Morgan fingerprint density at radius 3 is 2.12 bits per heavy atom. The molecule has 5 nitrogen and oxygen atoms in total. The van der Waals surface area contributed by atoms with Crippen LogP contribution in [0.3, 0.4) is 0 Å². The van der Waals surface area contributed by atoms with E-state index in [0.717, 1.165) is 13.0 Å². The minimum absolute atomic E-state index is 0.399. The van der Waals surface area contributed by atoms with E-state index in [1.54, 1.807) is 0 Å². The molecule has 3 heterocycles. The second-order valence-electron chi connectivity index (χ2n) is 5.71. The minimum atomic E-state index is -0.399. The highest BCUT2D eigenvalue weighted by Crippen LogP contribution is 2.26. The monoisotopic (exact) mass is 242 g/mol. The lowest BCUT2D eigenvalue weighted by Crippen LogP contribution is -2.75. The number of likely N-dealkylation sites (N-methyl/N-ethyl adjacent to an activating group) is 1. The number of hydrogen-bond acceptors (Lipinski definition) is 1. The van der Waals surface area contributed by atoms with Crippen LogP contribution < -0.4 is 11.1 Å². The average molecular weight is 242 g/mol. The standard InChI is InChI=1S/C12H25N4O/c1-2-15-6-9-16(10-7-15,11-8-15)5-3-4-14-12(13)17/h2-11H2,1H3,(H2-,13,14,17)/q+1/p+1. The van der Waals surface area contributed by atoms with Crippen LogP contribution >= 0.6 is 0 Å². The Morgan fingerprint density at radius 1 is 1.12 bits per heavy atom. The molecule has 3 rings (SSSR count). The van der Waals surface area contributed by atoms with E-state index in [2.05, 4.69) is 12.2 Å². The molecule has 0 spiro atoms. The number of piperazine rings is 3. The number of rotatable bonds is 5. The van der Waals surface area contributed by atoms with Crippen molar-refractivity contribution in [2.45, 2.75) is 13.3 Å². The topological polar surface area (TPSA) is 55.1 Å². The lowest BCUT2D eigenvalue weighted by molar-refractivity contribution is -1.08. The first-order chi connectivity index (χ1) is 8.10. The number of carbonyl (C=O) groups excluding carboxylic acids is 1. The fourth-order valence-electron chi connectivity index (χ4n) is 3.38. The van der Waals surface area contributed by atoms with E-state index in [4.69, 9.17) is 5.73 Å². The number of nitrogens with one attached hydrogen (secondary N) is 1. The van der Waals surface area contributed by atoms with E-state index < -0.39 is 6.03 Å². The zero-order valence-corrected chi connectivity index (χ0v) is 11.0. The summed E-state index contributed by atoms with van der Waals surface area (Å²) in [5, 5.41) is 2.68. The second kappa shape index (κ2) is 4.82. The van der Waals surface area contributed by atoms with Gasteiger partial charge in [-0.05, 0) is 6.92 Å². The first kappa shape index (κ1) is 12.6. The van der Waals surface area contributed by atoms with Gasteiger partial charge in [0.2, 0.25) is 0 Å². The van der Waals surface area contributed by atoms with Crippen molar-refractivity contribution < 1.29 is 13.8 Å². The summed E-state index contributed by atoms with van der Waals surface area (Å²) in [7, 11) is 0. The maximum atomic E-state index is 10.6. The van der Waals surface area contributed by atoms with Crippen molar-refractivity contribution in [2.24, 2.45) is 5.73 Å². The van der Waals surface area contributed by atoms with Crippen LogP contribution in [0.25, 0.3) is 0 Å². The van der Waals surface area contributed by atoms with Gasteiger partial charge in [-0.3, -0.25) is 0 Å². The van der Waals surface area contributed by atoms with Crippen molar-refractivity contribution in [2.75, 3.05) is 58.9 Å². The number of urea groups is 1. The Labute approximate surface area is 104 Å². The number of nitrogens with two attached hydrogens (primary N) is 1. The van der Waals surface area contributed by atoms with Crippen molar-refractivity contribution in [3.05, 3.63) is 0 Å². The fraction of sp³-hybridized carbons (Fsp3) is 0.917. The normalized spacial score (nSPS) is 35.8. The van der Waals surface area contributed by atoms with E-state index in [1.165, 1.54) is 61.3 Å².